The average molecular weight is 324 g/mol. The number of benzene rings is 1. The van der Waals surface area contributed by atoms with Crippen molar-refractivity contribution in [2.45, 2.75) is 57.9 Å². The average Bonchev–Trinajstić information content (AvgIpc) is 2.77. The van der Waals surface area contributed by atoms with Gasteiger partial charge in [-0.15, -0.1) is 0 Å². The smallest absolute Gasteiger partial charge is 0.340 e. The summed E-state index contributed by atoms with van der Waals surface area (Å²) in [5.74, 6) is -0.272. The fraction of sp³-hybridized carbons (Fsp3) is 0.500. The zero-order valence-electron chi connectivity index (χ0n) is 14.3. The molecule has 0 saturated carbocycles. The SMILES string of the molecule is COC(=O)c1cccc2c3c(n(CCCCC#N)c12)CCCCC3. The Balaban J connectivity index is 2.12. The molecular weight excluding hydrogens is 300 g/mol. The highest BCUT2D eigenvalue weighted by Crippen LogP contribution is 2.34. The molecule has 0 fully saturated rings. The lowest BCUT2D eigenvalue weighted by Crippen LogP contribution is -2.08. The zero-order chi connectivity index (χ0) is 16.9. The van der Waals surface area contributed by atoms with Crippen LogP contribution in [0.1, 0.15) is 60.1 Å². The number of aromatic nitrogens is 1. The van der Waals surface area contributed by atoms with Gasteiger partial charge in [-0.2, -0.15) is 5.26 Å². The standard InChI is InChI=1S/C20H24N2O2/c1-24-20(23)17-11-8-10-16-15-9-4-2-5-12-18(15)22(19(16)17)14-7-3-6-13-21/h8,10-11H,2-7,9,12,14H2,1H3. The van der Waals surface area contributed by atoms with Gasteiger partial charge in [-0.1, -0.05) is 18.6 Å². The number of carbonyl (C=O) groups is 1. The quantitative estimate of drug-likeness (QED) is 0.465. The predicted octanol–water partition coefficient (Wildman–Crippen LogP) is 4.39. The number of hydrogen-bond acceptors (Lipinski definition) is 3. The molecule has 1 aromatic carbocycles. The molecule has 0 aliphatic heterocycles. The topological polar surface area (TPSA) is 55.0 Å². The molecule has 0 atom stereocenters. The third kappa shape index (κ3) is 3.03. The predicted molar refractivity (Wildman–Crippen MR) is 94.0 cm³/mol. The van der Waals surface area contributed by atoms with Gasteiger partial charge in [-0.05, 0) is 50.2 Å². The number of nitrogens with zero attached hydrogens (tertiary/aromatic N) is 2. The highest BCUT2D eigenvalue weighted by atomic mass is 16.5. The van der Waals surface area contributed by atoms with Crippen molar-refractivity contribution >= 4 is 16.9 Å². The normalized spacial score (nSPS) is 14.0. The van der Waals surface area contributed by atoms with E-state index in [9.17, 15) is 4.79 Å². The van der Waals surface area contributed by atoms with E-state index < -0.39 is 0 Å². The maximum atomic E-state index is 12.3. The van der Waals surface area contributed by atoms with Gasteiger partial charge in [0, 0.05) is 24.0 Å². The summed E-state index contributed by atoms with van der Waals surface area (Å²) < 4.78 is 7.34. The van der Waals surface area contributed by atoms with Gasteiger partial charge in [0.05, 0.1) is 24.3 Å². The van der Waals surface area contributed by atoms with Crippen LogP contribution in [0.5, 0.6) is 0 Å². The Morgan fingerprint density at radius 3 is 2.88 bits per heavy atom. The number of nitriles is 1. The Morgan fingerprint density at radius 2 is 2.08 bits per heavy atom. The first-order chi connectivity index (χ1) is 11.8. The lowest BCUT2D eigenvalue weighted by Gasteiger charge is -2.12. The Bertz CT molecular complexity index is 783. The first kappa shape index (κ1) is 16.6. The van der Waals surface area contributed by atoms with Crippen LogP contribution in [-0.2, 0) is 24.1 Å². The molecule has 126 valence electrons. The van der Waals surface area contributed by atoms with E-state index in [1.54, 1.807) is 0 Å². The number of esters is 1. The minimum atomic E-state index is -0.272. The second-order valence-electron chi connectivity index (χ2n) is 6.45. The molecule has 1 heterocycles. The molecule has 0 spiro atoms. The molecule has 2 aromatic rings. The Kier molecular flexibility index (Phi) is 5.20. The molecular formula is C20H24N2O2. The second kappa shape index (κ2) is 7.53. The minimum absolute atomic E-state index is 0.272. The molecule has 1 aliphatic rings. The van der Waals surface area contributed by atoms with Gasteiger partial charge in [-0.3, -0.25) is 0 Å². The maximum absolute atomic E-state index is 12.3. The molecule has 1 aliphatic carbocycles. The molecule has 0 N–H and O–H groups in total. The summed E-state index contributed by atoms with van der Waals surface area (Å²) in [6.45, 7) is 0.863. The molecule has 1 aromatic heterocycles. The van der Waals surface area contributed by atoms with Crippen LogP contribution in [0, 0.1) is 11.3 Å². The lowest BCUT2D eigenvalue weighted by atomic mass is 10.0. The van der Waals surface area contributed by atoms with Gasteiger partial charge < -0.3 is 9.30 Å². The van der Waals surface area contributed by atoms with Crippen molar-refractivity contribution in [3.8, 4) is 6.07 Å². The second-order valence-corrected chi connectivity index (χ2v) is 6.45. The van der Waals surface area contributed by atoms with Crippen LogP contribution in [0.25, 0.3) is 10.9 Å². The molecule has 0 bridgehead atoms. The van der Waals surface area contributed by atoms with Crippen LogP contribution >= 0.6 is 0 Å². The Morgan fingerprint density at radius 1 is 1.25 bits per heavy atom. The van der Waals surface area contributed by atoms with Crippen molar-refractivity contribution in [2.75, 3.05) is 7.11 Å². The zero-order valence-corrected chi connectivity index (χ0v) is 14.3. The molecule has 4 heteroatoms. The lowest BCUT2D eigenvalue weighted by molar-refractivity contribution is 0.0602. The van der Waals surface area contributed by atoms with E-state index in [2.05, 4.69) is 16.7 Å². The number of methoxy groups -OCH3 is 1. The Hall–Kier alpha value is -2.28. The van der Waals surface area contributed by atoms with E-state index in [0.29, 0.717) is 12.0 Å². The third-order valence-electron chi connectivity index (χ3n) is 4.97. The monoisotopic (exact) mass is 324 g/mol. The highest BCUT2D eigenvalue weighted by molar-refractivity contribution is 6.04. The summed E-state index contributed by atoms with van der Waals surface area (Å²) in [5, 5.41) is 9.96. The fourth-order valence-electron chi connectivity index (χ4n) is 3.86. The van der Waals surface area contributed by atoms with Crippen LogP contribution in [0.2, 0.25) is 0 Å². The van der Waals surface area contributed by atoms with Crippen LogP contribution in [-0.4, -0.2) is 17.6 Å². The molecule has 0 saturated heterocycles. The first-order valence-electron chi connectivity index (χ1n) is 8.86. The molecule has 0 unspecified atom stereocenters. The summed E-state index contributed by atoms with van der Waals surface area (Å²) in [4.78, 5) is 12.3. The van der Waals surface area contributed by atoms with Gasteiger partial charge in [0.1, 0.15) is 0 Å². The first-order valence-corrected chi connectivity index (χ1v) is 8.86. The van der Waals surface area contributed by atoms with E-state index in [4.69, 9.17) is 10.00 Å². The summed E-state index contributed by atoms with van der Waals surface area (Å²) >= 11 is 0. The highest BCUT2D eigenvalue weighted by Gasteiger charge is 2.22. The van der Waals surface area contributed by atoms with Crippen LogP contribution in [0.4, 0.5) is 0 Å². The van der Waals surface area contributed by atoms with Crippen LogP contribution < -0.4 is 0 Å². The van der Waals surface area contributed by atoms with Gasteiger partial charge in [-0.25, -0.2) is 4.79 Å². The van der Waals surface area contributed by atoms with Gasteiger partial charge in [0.15, 0.2) is 0 Å². The van der Waals surface area contributed by atoms with Crippen molar-refractivity contribution in [1.82, 2.24) is 4.57 Å². The van der Waals surface area contributed by atoms with Crippen molar-refractivity contribution in [3.05, 3.63) is 35.0 Å². The number of rotatable bonds is 5. The van der Waals surface area contributed by atoms with Crippen LogP contribution in [0.15, 0.2) is 18.2 Å². The third-order valence-corrected chi connectivity index (χ3v) is 4.97. The largest absolute Gasteiger partial charge is 0.465 e. The summed E-state index contributed by atoms with van der Waals surface area (Å²) in [5.41, 5.74) is 4.47. The molecule has 4 nitrogen and oxygen atoms in total. The van der Waals surface area contributed by atoms with Gasteiger partial charge in [0.2, 0.25) is 0 Å². The molecule has 24 heavy (non-hydrogen) atoms. The summed E-state index contributed by atoms with van der Waals surface area (Å²) in [6, 6.07) is 8.17. The summed E-state index contributed by atoms with van der Waals surface area (Å²) in [6.07, 6.45) is 8.28. The molecule has 0 amide bonds. The van der Waals surface area contributed by atoms with E-state index in [0.717, 1.165) is 37.7 Å². The van der Waals surface area contributed by atoms with E-state index in [-0.39, 0.29) is 5.97 Å². The van der Waals surface area contributed by atoms with Crippen molar-refractivity contribution in [1.29, 1.82) is 5.26 Å². The Labute approximate surface area is 143 Å². The van der Waals surface area contributed by atoms with Gasteiger partial charge >= 0.3 is 5.97 Å². The van der Waals surface area contributed by atoms with E-state index in [1.807, 2.05) is 12.1 Å². The minimum Gasteiger partial charge on any atom is -0.465 e. The molecule has 0 radical (unpaired) electrons. The molecule has 3 rings (SSSR count). The summed E-state index contributed by atoms with van der Waals surface area (Å²) in [7, 11) is 1.44. The number of aryl methyl sites for hydroxylation is 2. The van der Waals surface area contributed by atoms with Crippen molar-refractivity contribution in [3.63, 3.8) is 0 Å². The van der Waals surface area contributed by atoms with E-state index in [1.165, 1.54) is 43.0 Å². The number of ether oxygens (including phenoxy) is 1. The maximum Gasteiger partial charge on any atom is 0.340 e. The fourth-order valence-corrected chi connectivity index (χ4v) is 3.86. The van der Waals surface area contributed by atoms with E-state index >= 15 is 0 Å². The number of hydrogen-bond donors (Lipinski definition) is 0. The number of fused-ring (bicyclic) bond motifs is 3. The van der Waals surface area contributed by atoms with Crippen molar-refractivity contribution < 1.29 is 9.53 Å². The number of para-hydroxylation sites is 1. The number of carbonyl (C=O) groups excluding carboxylic acids is 1. The van der Waals surface area contributed by atoms with Gasteiger partial charge in [0.25, 0.3) is 0 Å². The number of unbranched alkanes of at least 4 members (excludes halogenated alkanes) is 2. The van der Waals surface area contributed by atoms with Crippen LogP contribution in [0.3, 0.4) is 0 Å². The van der Waals surface area contributed by atoms with Crippen molar-refractivity contribution in [2.24, 2.45) is 0 Å².